The molecule has 150 valence electrons. The maximum absolute atomic E-state index is 13.2. The minimum Gasteiger partial charge on any atom is -0.504 e. The number of carbonyl (C=O) groups excluding carboxylic acids is 2. The van der Waals surface area contributed by atoms with Crippen LogP contribution in [0.15, 0.2) is 36.1 Å². The van der Waals surface area contributed by atoms with Gasteiger partial charge in [0.15, 0.2) is 0 Å². The van der Waals surface area contributed by atoms with E-state index in [1.54, 1.807) is 7.11 Å². The van der Waals surface area contributed by atoms with Crippen molar-refractivity contribution < 1.29 is 19.1 Å². The van der Waals surface area contributed by atoms with Crippen molar-refractivity contribution >= 4 is 17.6 Å². The molecular formula is C22H28N2O4. The summed E-state index contributed by atoms with van der Waals surface area (Å²) in [5.74, 6) is 0.0769. The van der Waals surface area contributed by atoms with Gasteiger partial charge < -0.3 is 14.8 Å². The first-order chi connectivity index (χ1) is 13.6. The Bertz CT molecular complexity index is 821. The van der Waals surface area contributed by atoms with Crippen LogP contribution >= 0.6 is 0 Å². The highest BCUT2D eigenvalue weighted by Gasteiger charge is 2.60. The van der Waals surface area contributed by atoms with Crippen molar-refractivity contribution in [3.63, 3.8) is 0 Å². The van der Waals surface area contributed by atoms with Crippen LogP contribution in [-0.2, 0) is 24.5 Å². The van der Waals surface area contributed by atoms with E-state index in [1.165, 1.54) is 13.4 Å². The molecule has 6 heteroatoms. The lowest BCUT2D eigenvalue weighted by Gasteiger charge is -2.45. The molecule has 0 aromatic heterocycles. The highest BCUT2D eigenvalue weighted by Crippen LogP contribution is 2.53. The van der Waals surface area contributed by atoms with E-state index in [9.17, 15) is 9.59 Å². The number of esters is 1. The van der Waals surface area contributed by atoms with Crippen LogP contribution in [0.4, 0.5) is 5.69 Å². The molecule has 4 rings (SSSR count). The number of rotatable bonds is 4. The molecule has 1 aromatic rings. The van der Waals surface area contributed by atoms with E-state index in [-0.39, 0.29) is 23.8 Å². The second-order valence-electron chi connectivity index (χ2n) is 8.04. The van der Waals surface area contributed by atoms with Crippen LogP contribution in [0.1, 0.15) is 31.7 Å². The number of piperidine rings is 1. The molecule has 0 bridgehead atoms. The Morgan fingerprint density at radius 2 is 2.14 bits per heavy atom. The zero-order chi connectivity index (χ0) is 19.9. The Kier molecular flexibility index (Phi) is 4.91. The molecule has 1 N–H and O–H groups in total. The van der Waals surface area contributed by atoms with Crippen molar-refractivity contribution in [2.24, 2.45) is 11.8 Å². The number of hydrogen-bond donors (Lipinski definition) is 1. The number of carbonyl (C=O) groups is 2. The molecule has 28 heavy (non-hydrogen) atoms. The second-order valence-corrected chi connectivity index (χ2v) is 8.04. The summed E-state index contributed by atoms with van der Waals surface area (Å²) in [6.45, 7) is 3.93. The third-order valence-electron chi connectivity index (χ3n) is 6.97. The first-order valence-corrected chi connectivity index (χ1v) is 10.0. The van der Waals surface area contributed by atoms with Gasteiger partial charge in [-0.25, -0.2) is 4.79 Å². The summed E-state index contributed by atoms with van der Waals surface area (Å²) < 4.78 is 10.3. The Labute approximate surface area is 165 Å². The third-order valence-corrected chi connectivity index (χ3v) is 6.97. The fraction of sp³-hybridized carbons (Fsp3) is 0.545. The number of methoxy groups -OCH3 is 2. The van der Waals surface area contributed by atoms with E-state index in [4.69, 9.17) is 9.47 Å². The molecule has 0 aliphatic carbocycles. The van der Waals surface area contributed by atoms with Gasteiger partial charge in [-0.2, -0.15) is 0 Å². The van der Waals surface area contributed by atoms with Gasteiger partial charge in [0, 0.05) is 18.3 Å². The van der Waals surface area contributed by atoms with Crippen LogP contribution in [-0.4, -0.2) is 50.1 Å². The first kappa shape index (κ1) is 19.0. The molecule has 4 atom stereocenters. The number of nitrogens with one attached hydrogen (secondary N) is 1. The topological polar surface area (TPSA) is 67.9 Å². The zero-order valence-electron chi connectivity index (χ0n) is 16.7. The number of anilines is 1. The third kappa shape index (κ3) is 2.65. The largest absolute Gasteiger partial charge is 0.504 e. The maximum atomic E-state index is 13.2. The smallest absolute Gasteiger partial charge is 0.337 e. The molecule has 6 nitrogen and oxygen atoms in total. The van der Waals surface area contributed by atoms with Gasteiger partial charge in [0.1, 0.15) is 0 Å². The zero-order valence-corrected chi connectivity index (χ0v) is 16.7. The standard InChI is InChI=1S/C22H28N2O4/c1-4-14-12-24-10-9-22(17-7-5-6-8-18(17)23-21(22)26)19(24)11-15(14)16(13-27-2)20(25)28-3/h5-8,13-15,19H,4,9-12H2,1-3H3,(H,23,26)/b16-13-/t14?,15-,19?,22?/m0/s1. The number of ether oxygens (including phenoxy) is 2. The van der Waals surface area contributed by atoms with Gasteiger partial charge >= 0.3 is 5.97 Å². The normalized spacial score (nSPS) is 32.0. The SMILES string of the molecule is CCC1CN2CCC3(C(=O)Nc4ccccc43)C2C[C@@H]1/C(=C/OC)C(=O)OC. The van der Waals surface area contributed by atoms with Crippen LogP contribution in [0.3, 0.4) is 0 Å². The fourth-order valence-corrected chi connectivity index (χ4v) is 5.63. The number of fused-ring (bicyclic) bond motifs is 4. The fourth-order valence-electron chi connectivity index (χ4n) is 5.63. The van der Waals surface area contributed by atoms with Crippen molar-refractivity contribution in [3.05, 3.63) is 41.7 Å². The molecule has 3 heterocycles. The minimum absolute atomic E-state index is 0.00851. The maximum Gasteiger partial charge on any atom is 0.337 e. The molecule has 2 saturated heterocycles. The summed E-state index contributed by atoms with van der Waals surface area (Å²) in [4.78, 5) is 28.1. The van der Waals surface area contributed by atoms with E-state index in [1.807, 2.05) is 18.2 Å². The molecule has 3 aliphatic rings. The van der Waals surface area contributed by atoms with E-state index in [2.05, 4.69) is 23.2 Å². The average Bonchev–Trinajstić information content (AvgIpc) is 3.23. The number of nitrogens with zero attached hydrogens (tertiary/aromatic N) is 1. The molecular weight excluding hydrogens is 356 g/mol. The summed E-state index contributed by atoms with van der Waals surface area (Å²) in [7, 11) is 2.95. The summed E-state index contributed by atoms with van der Waals surface area (Å²) in [5, 5.41) is 3.10. The Balaban J connectivity index is 1.74. The lowest BCUT2D eigenvalue weighted by Crippen LogP contribution is -2.53. The highest BCUT2D eigenvalue weighted by atomic mass is 16.5. The number of hydrogen-bond acceptors (Lipinski definition) is 5. The van der Waals surface area contributed by atoms with Crippen molar-refractivity contribution in [1.82, 2.24) is 4.90 Å². The number of para-hydroxylation sites is 1. The predicted octanol–water partition coefficient (Wildman–Crippen LogP) is 2.70. The average molecular weight is 384 g/mol. The summed E-state index contributed by atoms with van der Waals surface area (Å²) in [6, 6.07) is 8.07. The van der Waals surface area contributed by atoms with E-state index >= 15 is 0 Å². The molecule has 1 amide bonds. The minimum atomic E-state index is -0.540. The molecule has 0 radical (unpaired) electrons. The van der Waals surface area contributed by atoms with Crippen molar-refractivity contribution in [2.75, 3.05) is 32.6 Å². The molecule has 0 saturated carbocycles. The van der Waals surface area contributed by atoms with E-state index < -0.39 is 5.41 Å². The molecule has 1 aromatic carbocycles. The second kappa shape index (κ2) is 7.24. The molecule has 1 spiro atoms. The monoisotopic (exact) mass is 384 g/mol. The van der Waals surface area contributed by atoms with Crippen LogP contribution < -0.4 is 5.32 Å². The van der Waals surface area contributed by atoms with Gasteiger partial charge in [0.05, 0.1) is 31.5 Å². The Morgan fingerprint density at radius 1 is 1.36 bits per heavy atom. The number of benzene rings is 1. The van der Waals surface area contributed by atoms with Gasteiger partial charge in [0.25, 0.3) is 0 Å². The van der Waals surface area contributed by atoms with Crippen LogP contribution in [0.25, 0.3) is 0 Å². The molecule has 3 aliphatic heterocycles. The Morgan fingerprint density at radius 3 is 2.86 bits per heavy atom. The lowest BCUT2D eigenvalue weighted by atomic mass is 9.67. The summed E-state index contributed by atoms with van der Waals surface area (Å²) >= 11 is 0. The van der Waals surface area contributed by atoms with Gasteiger partial charge in [-0.1, -0.05) is 31.5 Å². The summed E-state index contributed by atoms with van der Waals surface area (Å²) in [6.07, 6.45) is 4.04. The predicted molar refractivity (Wildman–Crippen MR) is 106 cm³/mol. The van der Waals surface area contributed by atoms with Crippen LogP contribution in [0.5, 0.6) is 0 Å². The van der Waals surface area contributed by atoms with Gasteiger partial charge in [0.2, 0.25) is 5.91 Å². The number of amides is 1. The van der Waals surface area contributed by atoms with Crippen molar-refractivity contribution in [2.45, 2.75) is 37.6 Å². The van der Waals surface area contributed by atoms with Gasteiger partial charge in [-0.05, 0) is 42.9 Å². The van der Waals surface area contributed by atoms with E-state index in [0.717, 1.165) is 43.6 Å². The van der Waals surface area contributed by atoms with Gasteiger partial charge in [-0.15, -0.1) is 0 Å². The highest BCUT2D eigenvalue weighted by molar-refractivity contribution is 6.07. The first-order valence-electron chi connectivity index (χ1n) is 10.0. The Hall–Kier alpha value is -2.34. The van der Waals surface area contributed by atoms with E-state index in [0.29, 0.717) is 11.5 Å². The quantitative estimate of drug-likeness (QED) is 0.491. The van der Waals surface area contributed by atoms with Crippen molar-refractivity contribution in [3.8, 4) is 0 Å². The van der Waals surface area contributed by atoms with Crippen molar-refractivity contribution in [1.29, 1.82) is 0 Å². The lowest BCUT2D eigenvalue weighted by molar-refractivity contribution is -0.137. The summed E-state index contributed by atoms with van der Waals surface area (Å²) in [5.41, 5.74) is 2.05. The van der Waals surface area contributed by atoms with Crippen LogP contribution in [0.2, 0.25) is 0 Å². The van der Waals surface area contributed by atoms with Gasteiger partial charge in [-0.3, -0.25) is 9.69 Å². The molecule has 3 unspecified atom stereocenters. The molecule has 2 fully saturated rings. The van der Waals surface area contributed by atoms with Crippen LogP contribution in [0, 0.1) is 11.8 Å².